The Balaban J connectivity index is 2.61. The van der Waals surface area contributed by atoms with E-state index in [-0.39, 0.29) is 24.1 Å². The fourth-order valence-corrected chi connectivity index (χ4v) is 2.15. The number of amidine groups is 1. The molecule has 14 heavy (non-hydrogen) atoms. The Morgan fingerprint density at radius 2 is 2.00 bits per heavy atom. The Bertz CT molecular complexity index is 198. The molecule has 1 saturated heterocycles. The molecule has 4 nitrogen and oxygen atoms in total. The zero-order chi connectivity index (χ0) is 10.7. The summed E-state index contributed by atoms with van der Waals surface area (Å²) in [5.74, 6) is 0.272. The Morgan fingerprint density at radius 3 is 2.36 bits per heavy atom. The molecule has 1 fully saturated rings. The van der Waals surface area contributed by atoms with Crippen molar-refractivity contribution in [2.45, 2.75) is 45.4 Å². The second kappa shape index (κ2) is 4.75. The van der Waals surface area contributed by atoms with Gasteiger partial charge < -0.3 is 10.5 Å². The van der Waals surface area contributed by atoms with Crippen LogP contribution in [0, 0.1) is 5.41 Å². The van der Waals surface area contributed by atoms with Gasteiger partial charge in [0.25, 0.3) is 0 Å². The smallest absolute Gasteiger partial charge is 0.108 e. The first-order valence-corrected chi connectivity index (χ1v) is 5.28. The largest absolute Gasteiger partial charge is 0.386 e. The van der Waals surface area contributed by atoms with Crippen LogP contribution in [0.5, 0.6) is 0 Å². The van der Waals surface area contributed by atoms with E-state index in [9.17, 15) is 0 Å². The van der Waals surface area contributed by atoms with Crippen molar-refractivity contribution >= 4 is 5.84 Å². The van der Waals surface area contributed by atoms with Crippen LogP contribution in [0.15, 0.2) is 0 Å². The van der Waals surface area contributed by atoms with Crippen molar-refractivity contribution in [3.05, 3.63) is 0 Å². The van der Waals surface area contributed by atoms with Crippen molar-refractivity contribution in [3.8, 4) is 0 Å². The molecule has 1 heterocycles. The third-order valence-corrected chi connectivity index (χ3v) is 2.63. The molecule has 1 aliphatic heterocycles. The monoisotopic (exact) mass is 199 g/mol. The van der Waals surface area contributed by atoms with E-state index >= 15 is 0 Å². The lowest BCUT2D eigenvalue weighted by Crippen LogP contribution is -2.53. The molecule has 82 valence electrons. The second-order valence-corrected chi connectivity index (χ2v) is 4.09. The van der Waals surface area contributed by atoms with Gasteiger partial charge in [0.05, 0.1) is 18.2 Å². The van der Waals surface area contributed by atoms with Gasteiger partial charge in [0.1, 0.15) is 5.84 Å². The van der Waals surface area contributed by atoms with E-state index in [4.69, 9.17) is 15.9 Å². The van der Waals surface area contributed by atoms with Crippen LogP contribution >= 0.6 is 0 Å². The van der Waals surface area contributed by atoms with Gasteiger partial charge in [-0.3, -0.25) is 10.3 Å². The van der Waals surface area contributed by atoms with Crippen molar-refractivity contribution in [1.82, 2.24) is 4.90 Å². The van der Waals surface area contributed by atoms with Gasteiger partial charge >= 0.3 is 0 Å². The first kappa shape index (κ1) is 11.5. The molecule has 0 saturated carbocycles. The van der Waals surface area contributed by atoms with Crippen molar-refractivity contribution < 1.29 is 4.74 Å². The van der Waals surface area contributed by atoms with E-state index in [2.05, 4.69) is 25.7 Å². The molecule has 0 spiro atoms. The number of morpholine rings is 1. The maximum atomic E-state index is 7.51. The van der Waals surface area contributed by atoms with E-state index in [0.29, 0.717) is 0 Å². The molecule has 0 aliphatic carbocycles. The molecule has 0 aromatic carbocycles. The Hall–Kier alpha value is -0.610. The Kier molecular flexibility index (Phi) is 3.89. The SMILES string of the molecule is CCC(C(=N)N)N1CC(C)OC(C)C1. The summed E-state index contributed by atoms with van der Waals surface area (Å²) in [5, 5.41) is 7.51. The highest BCUT2D eigenvalue weighted by atomic mass is 16.5. The van der Waals surface area contributed by atoms with Crippen LogP contribution in [0.4, 0.5) is 0 Å². The van der Waals surface area contributed by atoms with Crippen molar-refractivity contribution in [2.75, 3.05) is 13.1 Å². The topological polar surface area (TPSA) is 62.3 Å². The Labute approximate surface area is 85.9 Å². The highest BCUT2D eigenvalue weighted by Gasteiger charge is 2.28. The molecular weight excluding hydrogens is 178 g/mol. The van der Waals surface area contributed by atoms with Gasteiger partial charge in [-0.15, -0.1) is 0 Å². The predicted octanol–water partition coefficient (Wildman–Crippen LogP) is 0.810. The van der Waals surface area contributed by atoms with Gasteiger partial charge in [0.2, 0.25) is 0 Å². The molecule has 0 aromatic heterocycles. The summed E-state index contributed by atoms with van der Waals surface area (Å²) in [6.45, 7) is 7.95. The summed E-state index contributed by atoms with van der Waals surface area (Å²) < 4.78 is 5.64. The third-order valence-electron chi connectivity index (χ3n) is 2.63. The van der Waals surface area contributed by atoms with Crippen molar-refractivity contribution in [3.63, 3.8) is 0 Å². The molecular formula is C10H21N3O. The normalized spacial score (nSPS) is 31.4. The van der Waals surface area contributed by atoms with Gasteiger partial charge in [0, 0.05) is 13.1 Å². The zero-order valence-corrected chi connectivity index (χ0v) is 9.29. The average Bonchev–Trinajstić information content (AvgIpc) is 2.02. The fraction of sp³-hybridized carbons (Fsp3) is 0.900. The molecule has 3 atom stereocenters. The van der Waals surface area contributed by atoms with Crippen LogP contribution in [0.3, 0.4) is 0 Å². The summed E-state index contributed by atoms with van der Waals surface area (Å²) in [5.41, 5.74) is 5.57. The van der Waals surface area contributed by atoms with E-state index in [1.807, 2.05) is 0 Å². The standard InChI is InChI=1S/C10H21N3O/c1-4-9(10(11)12)13-5-7(2)14-8(3)6-13/h7-9H,4-6H2,1-3H3,(H3,11,12). The molecule has 0 radical (unpaired) electrons. The van der Waals surface area contributed by atoms with Crippen LogP contribution in [0.1, 0.15) is 27.2 Å². The number of nitrogens with two attached hydrogens (primary N) is 1. The summed E-state index contributed by atoms with van der Waals surface area (Å²) in [6, 6.07) is 0.0869. The van der Waals surface area contributed by atoms with E-state index in [1.54, 1.807) is 0 Å². The van der Waals surface area contributed by atoms with Crippen LogP contribution < -0.4 is 5.73 Å². The van der Waals surface area contributed by atoms with Gasteiger partial charge in [-0.2, -0.15) is 0 Å². The molecule has 0 amide bonds. The summed E-state index contributed by atoms with van der Waals surface area (Å²) in [7, 11) is 0. The minimum atomic E-state index is 0.0869. The minimum Gasteiger partial charge on any atom is -0.386 e. The number of nitrogens with one attached hydrogen (secondary N) is 1. The first-order valence-electron chi connectivity index (χ1n) is 5.28. The number of hydrogen-bond acceptors (Lipinski definition) is 3. The van der Waals surface area contributed by atoms with Gasteiger partial charge in [-0.1, -0.05) is 6.92 Å². The van der Waals surface area contributed by atoms with Gasteiger partial charge in [-0.25, -0.2) is 0 Å². The highest BCUT2D eigenvalue weighted by molar-refractivity contribution is 5.82. The van der Waals surface area contributed by atoms with Gasteiger partial charge in [0.15, 0.2) is 0 Å². The molecule has 1 aliphatic rings. The predicted molar refractivity (Wildman–Crippen MR) is 57.6 cm³/mol. The maximum Gasteiger partial charge on any atom is 0.108 e. The second-order valence-electron chi connectivity index (χ2n) is 4.09. The average molecular weight is 199 g/mol. The molecule has 0 aromatic rings. The highest BCUT2D eigenvalue weighted by Crippen LogP contribution is 2.15. The van der Waals surface area contributed by atoms with Crippen LogP contribution in [0.25, 0.3) is 0 Å². The summed E-state index contributed by atoms with van der Waals surface area (Å²) in [4.78, 5) is 2.25. The summed E-state index contributed by atoms with van der Waals surface area (Å²) in [6.07, 6.45) is 1.38. The van der Waals surface area contributed by atoms with Gasteiger partial charge in [-0.05, 0) is 20.3 Å². The molecule has 4 heteroatoms. The lowest BCUT2D eigenvalue weighted by atomic mass is 10.1. The minimum absolute atomic E-state index is 0.0869. The maximum absolute atomic E-state index is 7.51. The molecule has 3 N–H and O–H groups in total. The number of ether oxygens (including phenoxy) is 1. The number of rotatable bonds is 3. The van der Waals surface area contributed by atoms with Crippen LogP contribution in [0.2, 0.25) is 0 Å². The number of nitrogens with zero attached hydrogens (tertiary/aromatic N) is 1. The lowest BCUT2D eigenvalue weighted by molar-refractivity contribution is -0.0737. The molecule has 3 unspecified atom stereocenters. The van der Waals surface area contributed by atoms with E-state index < -0.39 is 0 Å². The quantitative estimate of drug-likeness (QED) is 0.522. The first-order chi connectivity index (χ1) is 6.54. The lowest BCUT2D eigenvalue weighted by Gasteiger charge is -2.39. The zero-order valence-electron chi connectivity index (χ0n) is 9.29. The van der Waals surface area contributed by atoms with E-state index in [0.717, 1.165) is 19.5 Å². The molecule has 1 rings (SSSR count). The van der Waals surface area contributed by atoms with E-state index in [1.165, 1.54) is 0 Å². The molecule has 0 bridgehead atoms. The third kappa shape index (κ3) is 2.69. The van der Waals surface area contributed by atoms with Crippen LogP contribution in [-0.2, 0) is 4.74 Å². The summed E-state index contributed by atoms with van der Waals surface area (Å²) >= 11 is 0. The number of hydrogen-bond donors (Lipinski definition) is 2. The van der Waals surface area contributed by atoms with Crippen LogP contribution in [-0.4, -0.2) is 42.1 Å². The Morgan fingerprint density at radius 1 is 1.50 bits per heavy atom. The van der Waals surface area contributed by atoms with Crippen molar-refractivity contribution in [2.24, 2.45) is 5.73 Å². The fourth-order valence-electron chi connectivity index (χ4n) is 2.15. The van der Waals surface area contributed by atoms with Crippen molar-refractivity contribution in [1.29, 1.82) is 5.41 Å².